The molecule has 1 atom stereocenters. The molecule has 0 saturated carbocycles. The minimum Gasteiger partial charge on any atom is -0.377 e. The summed E-state index contributed by atoms with van der Waals surface area (Å²) in [5, 5.41) is -0.544. The van der Waals surface area contributed by atoms with Crippen LogP contribution in [-0.4, -0.2) is 66.7 Å². The van der Waals surface area contributed by atoms with Gasteiger partial charge in [-0.15, -0.1) is 0 Å². The van der Waals surface area contributed by atoms with Crippen LogP contribution in [0.15, 0.2) is 35.5 Å². The summed E-state index contributed by atoms with van der Waals surface area (Å²) in [7, 11) is -3.88. The number of aromatic nitrogens is 4. The topological polar surface area (TPSA) is 90.2 Å². The van der Waals surface area contributed by atoms with E-state index in [0.29, 0.717) is 17.6 Å². The van der Waals surface area contributed by atoms with Gasteiger partial charge in [-0.1, -0.05) is 12.1 Å². The van der Waals surface area contributed by atoms with Crippen LogP contribution < -0.4 is 4.90 Å². The number of halogens is 3. The molecule has 160 valence electrons. The van der Waals surface area contributed by atoms with Gasteiger partial charge in [-0.05, 0) is 12.1 Å². The Hall–Kier alpha value is -2.73. The molecule has 12 heteroatoms. The molecular weight excluding hydrogens is 423 g/mol. The van der Waals surface area contributed by atoms with Crippen molar-refractivity contribution in [3.8, 4) is 5.82 Å². The third kappa shape index (κ3) is 3.72. The molecule has 0 amide bonds. The van der Waals surface area contributed by atoms with Gasteiger partial charge in [-0.25, -0.2) is 36.5 Å². The maximum absolute atomic E-state index is 13.7. The quantitative estimate of drug-likeness (QED) is 0.562. The summed E-state index contributed by atoms with van der Waals surface area (Å²) in [5.74, 6) is -0.554. The smallest absolute Gasteiger partial charge is 0.296 e. The first-order chi connectivity index (χ1) is 14.3. The number of nitrogens with zero attached hydrogens (tertiary/aromatic N) is 5. The van der Waals surface area contributed by atoms with Crippen LogP contribution in [0.3, 0.4) is 0 Å². The second kappa shape index (κ2) is 7.84. The fourth-order valence-electron chi connectivity index (χ4n) is 3.34. The Morgan fingerprint density at radius 2 is 1.93 bits per heavy atom. The molecule has 1 aliphatic heterocycles. The maximum Gasteiger partial charge on any atom is 0.296 e. The summed E-state index contributed by atoms with van der Waals surface area (Å²) in [6, 6.07) is 7.14. The van der Waals surface area contributed by atoms with E-state index in [2.05, 4.69) is 15.0 Å². The van der Waals surface area contributed by atoms with Crippen LogP contribution in [0.4, 0.5) is 19.0 Å². The molecule has 0 radical (unpaired) electrons. The van der Waals surface area contributed by atoms with Gasteiger partial charge in [0.05, 0.1) is 30.3 Å². The molecule has 1 saturated heterocycles. The summed E-state index contributed by atoms with van der Waals surface area (Å²) in [5.41, 5.74) is 0.641. The Morgan fingerprint density at radius 3 is 2.63 bits per heavy atom. The number of hydrogen-bond donors (Lipinski definition) is 0. The van der Waals surface area contributed by atoms with Crippen LogP contribution >= 0.6 is 0 Å². The van der Waals surface area contributed by atoms with Crippen molar-refractivity contribution in [1.82, 2.24) is 19.5 Å². The Morgan fingerprint density at radius 1 is 1.20 bits per heavy atom. The second-order valence-electron chi connectivity index (χ2n) is 6.81. The number of rotatable bonds is 5. The number of benzene rings is 1. The molecule has 2 aromatic heterocycles. The van der Waals surface area contributed by atoms with E-state index >= 15 is 0 Å². The third-order valence-corrected chi connectivity index (χ3v) is 5.57. The van der Waals surface area contributed by atoms with Gasteiger partial charge >= 0.3 is 0 Å². The van der Waals surface area contributed by atoms with Gasteiger partial charge in [0.1, 0.15) is 18.3 Å². The largest absolute Gasteiger partial charge is 0.377 e. The number of fused-ring (bicyclic) bond motifs is 1. The number of hydrogen-bond acceptors (Lipinski definition) is 7. The van der Waals surface area contributed by atoms with E-state index in [0.717, 1.165) is 10.8 Å². The predicted molar refractivity (Wildman–Crippen MR) is 103 cm³/mol. The van der Waals surface area contributed by atoms with Crippen molar-refractivity contribution in [2.75, 3.05) is 37.6 Å². The Labute approximate surface area is 170 Å². The van der Waals surface area contributed by atoms with E-state index in [1.54, 1.807) is 29.2 Å². The molecule has 30 heavy (non-hydrogen) atoms. The average molecular weight is 441 g/mol. The first-order valence-electron chi connectivity index (χ1n) is 9.05. The molecule has 4 rings (SSSR count). The number of para-hydroxylation sites is 2. The van der Waals surface area contributed by atoms with Crippen molar-refractivity contribution in [3.63, 3.8) is 0 Å². The van der Waals surface area contributed by atoms with Gasteiger partial charge in [0.25, 0.3) is 11.6 Å². The van der Waals surface area contributed by atoms with Crippen molar-refractivity contribution in [3.05, 3.63) is 36.2 Å². The van der Waals surface area contributed by atoms with E-state index < -0.39 is 40.0 Å². The SMILES string of the molecule is CS(=O)(=O)c1nc(N2CCOC[C@H]2CF)cc(-n2c(C(F)F)nc3ccccc32)n1. The molecule has 8 nitrogen and oxygen atoms in total. The standard InChI is InChI=1S/C18H18F3N5O3S/c1-30(27,28)18-23-14(25-6-7-29-10-11(25)9-19)8-15(24-18)26-13-5-3-2-4-12(13)22-17(26)16(20)21/h2-5,8,11,16H,6-7,9-10H2,1H3/t11-/m1/s1. The monoisotopic (exact) mass is 441 g/mol. The number of ether oxygens (including phenoxy) is 1. The van der Waals surface area contributed by atoms with Crippen LogP contribution in [0.1, 0.15) is 12.2 Å². The van der Waals surface area contributed by atoms with E-state index in [1.807, 2.05) is 0 Å². The molecule has 0 N–H and O–H groups in total. The van der Waals surface area contributed by atoms with Gasteiger partial charge in [-0.3, -0.25) is 4.57 Å². The normalized spacial score (nSPS) is 17.8. The molecule has 3 aromatic rings. The van der Waals surface area contributed by atoms with Gasteiger partial charge in [0, 0.05) is 18.9 Å². The van der Waals surface area contributed by atoms with E-state index in [1.165, 1.54) is 6.07 Å². The summed E-state index contributed by atoms with van der Waals surface area (Å²) in [4.78, 5) is 13.6. The maximum atomic E-state index is 13.7. The minimum atomic E-state index is -3.88. The predicted octanol–water partition coefficient (Wildman–Crippen LogP) is 2.33. The van der Waals surface area contributed by atoms with Crippen molar-refractivity contribution in [1.29, 1.82) is 0 Å². The van der Waals surface area contributed by atoms with Crippen LogP contribution in [0.5, 0.6) is 0 Å². The number of imidazole rings is 1. The fourth-order valence-corrected chi connectivity index (χ4v) is 3.86. The van der Waals surface area contributed by atoms with Crippen LogP contribution in [0, 0.1) is 0 Å². The lowest BCUT2D eigenvalue weighted by Crippen LogP contribution is -2.47. The Balaban J connectivity index is 1.97. The van der Waals surface area contributed by atoms with Crippen molar-refractivity contribution in [2.24, 2.45) is 0 Å². The molecular formula is C18H18F3N5O3S. The highest BCUT2D eigenvalue weighted by atomic mass is 32.2. The van der Waals surface area contributed by atoms with E-state index in [9.17, 15) is 21.6 Å². The zero-order valence-electron chi connectivity index (χ0n) is 15.9. The zero-order chi connectivity index (χ0) is 21.5. The van der Waals surface area contributed by atoms with Gasteiger partial charge < -0.3 is 9.64 Å². The third-order valence-electron chi connectivity index (χ3n) is 4.72. The lowest BCUT2D eigenvalue weighted by molar-refractivity contribution is 0.0855. The summed E-state index contributed by atoms with van der Waals surface area (Å²) in [6.45, 7) is -0.0921. The van der Waals surface area contributed by atoms with E-state index in [4.69, 9.17) is 4.74 Å². The van der Waals surface area contributed by atoms with Crippen LogP contribution in [0.25, 0.3) is 16.9 Å². The molecule has 3 heterocycles. The Bertz CT molecular complexity index is 1190. The molecule has 1 fully saturated rings. The van der Waals surface area contributed by atoms with E-state index in [-0.39, 0.29) is 24.8 Å². The highest BCUT2D eigenvalue weighted by molar-refractivity contribution is 7.90. The van der Waals surface area contributed by atoms with Crippen LogP contribution in [0.2, 0.25) is 0 Å². The summed E-state index contributed by atoms with van der Waals surface area (Å²) < 4.78 is 71.8. The van der Waals surface area contributed by atoms with Crippen molar-refractivity contribution in [2.45, 2.75) is 17.6 Å². The second-order valence-corrected chi connectivity index (χ2v) is 8.72. The van der Waals surface area contributed by atoms with Gasteiger partial charge in [-0.2, -0.15) is 0 Å². The van der Waals surface area contributed by atoms with Gasteiger partial charge in [0.2, 0.25) is 9.84 Å². The highest BCUT2D eigenvalue weighted by Crippen LogP contribution is 2.29. The first-order valence-corrected chi connectivity index (χ1v) is 10.9. The lowest BCUT2D eigenvalue weighted by Gasteiger charge is -2.35. The molecule has 0 spiro atoms. The number of morpholine rings is 1. The molecule has 0 bridgehead atoms. The molecule has 1 aromatic carbocycles. The first kappa shape index (κ1) is 20.5. The Kier molecular flexibility index (Phi) is 5.36. The minimum absolute atomic E-state index is 0.0893. The van der Waals surface area contributed by atoms with Crippen molar-refractivity contribution >= 4 is 26.7 Å². The summed E-state index contributed by atoms with van der Waals surface area (Å²) in [6.07, 6.45) is -2.01. The van der Waals surface area contributed by atoms with Crippen LogP contribution in [-0.2, 0) is 14.6 Å². The molecule has 1 aliphatic rings. The molecule has 0 aliphatic carbocycles. The number of alkyl halides is 3. The zero-order valence-corrected chi connectivity index (χ0v) is 16.7. The van der Waals surface area contributed by atoms with Crippen molar-refractivity contribution < 1.29 is 26.3 Å². The van der Waals surface area contributed by atoms with Gasteiger partial charge in [0.15, 0.2) is 5.82 Å². The molecule has 0 unspecified atom stereocenters. The summed E-state index contributed by atoms with van der Waals surface area (Å²) >= 11 is 0. The number of anilines is 1. The lowest BCUT2D eigenvalue weighted by atomic mass is 10.2. The number of sulfone groups is 1. The average Bonchev–Trinajstić information content (AvgIpc) is 3.13. The fraction of sp³-hybridized carbons (Fsp3) is 0.389. The highest BCUT2D eigenvalue weighted by Gasteiger charge is 2.28.